The fourth-order valence-electron chi connectivity index (χ4n) is 2.53. The van der Waals surface area contributed by atoms with Crippen LogP contribution in [0.25, 0.3) is 0 Å². The minimum absolute atomic E-state index is 0.236. The van der Waals surface area contributed by atoms with Gasteiger partial charge in [0.2, 0.25) is 0 Å². The highest BCUT2D eigenvalue weighted by atomic mass is 32.1. The highest BCUT2D eigenvalue weighted by molar-refractivity contribution is 7.15. The molecule has 1 heterocycles. The zero-order chi connectivity index (χ0) is 14.5. The summed E-state index contributed by atoms with van der Waals surface area (Å²) in [7, 11) is 3.41. The van der Waals surface area contributed by atoms with Crippen LogP contribution in [0.2, 0.25) is 0 Å². The van der Waals surface area contributed by atoms with E-state index in [2.05, 4.69) is 16.8 Å². The van der Waals surface area contributed by atoms with Crippen molar-refractivity contribution in [2.45, 2.75) is 38.3 Å². The Balaban J connectivity index is 2.19. The highest BCUT2D eigenvalue weighted by Gasteiger charge is 2.26. The average Bonchev–Trinajstić information content (AvgIpc) is 2.85. The van der Waals surface area contributed by atoms with Gasteiger partial charge in [0.25, 0.3) is 0 Å². The van der Waals surface area contributed by atoms with Crippen molar-refractivity contribution in [3.63, 3.8) is 0 Å². The molecule has 20 heavy (non-hydrogen) atoms. The van der Waals surface area contributed by atoms with E-state index in [0.717, 1.165) is 36.6 Å². The third-order valence-electron chi connectivity index (χ3n) is 3.64. The minimum Gasteiger partial charge on any atom is -0.387 e. The molecular weight excluding hydrogens is 276 g/mol. The van der Waals surface area contributed by atoms with Gasteiger partial charge in [0.15, 0.2) is 5.13 Å². The number of aryl methyl sites for hydroxylation is 1. The lowest BCUT2D eigenvalue weighted by molar-refractivity contribution is 0.152. The third-order valence-corrected chi connectivity index (χ3v) is 4.80. The van der Waals surface area contributed by atoms with Gasteiger partial charge in [0.1, 0.15) is 0 Å². The quantitative estimate of drug-likeness (QED) is 0.835. The van der Waals surface area contributed by atoms with Crippen LogP contribution in [0.4, 0.5) is 5.13 Å². The Hall–Kier alpha value is -0.690. The fourth-order valence-corrected chi connectivity index (χ4v) is 3.82. The summed E-state index contributed by atoms with van der Waals surface area (Å²) in [6.07, 6.45) is 2.50. The molecule has 0 saturated heterocycles. The van der Waals surface area contributed by atoms with Gasteiger partial charge >= 0.3 is 0 Å². The van der Waals surface area contributed by atoms with E-state index in [4.69, 9.17) is 9.47 Å². The third kappa shape index (κ3) is 3.49. The average molecular weight is 300 g/mol. The fraction of sp³-hybridized carbons (Fsp3) is 0.786. The summed E-state index contributed by atoms with van der Waals surface area (Å²) in [5, 5.41) is 11.0. The van der Waals surface area contributed by atoms with Gasteiger partial charge in [-0.1, -0.05) is 0 Å². The number of nitrogens with zero attached hydrogens (tertiary/aromatic N) is 2. The second-order valence-corrected chi connectivity index (χ2v) is 6.27. The van der Waals surface area contributed by atoms with Gasteiger partial charge in [-0.15, -0.1) is 11.3 Å². The van der Waals surface area contributed by atoms with E-state index in [0.29, 0.717) is 13.2 Å². The van der Waals surface area contributed by atoms with Crippen LogP contribution >= 0.6 is 11.3 Å². The molecule has 1 aliphatic rings. The van der Waals surface area contributed by atoms with E-state index in [1.54, 1.807) is 25.6 Å². The van der Waals surface area contributed by atoms with E-state index in [-0.39, 0.29) is 6.04 Å². The molecule has 0 bridgehead atoms. The SMILES string of the molecule is COCCN(c1nc2c(s1)CCCC2O)C(C)COC. The van der Waals surface area contributed by atoms with Crippen molar-refractivity contribution in [3.05, 3.63) is 10.6 Å². The first kappa shape index (κ1) is 15.7. The van der Waals surface area contributed by atoms with Gasteiger partial charge in [-0.25, -0.2) is 4.98 Å². The molecule has 1 aromatic heterocycles. The molecule has 2 rings (SSSR count). The number of aliphatic hydroxyl groups is 1. The Morgan fingerprint density at radius 2 is 2.25 bits per heavy atom. The minimum atomic E-state index is -0.397. The number of ether oxygens (including phenoxy) is 2. The van der Waals surface area contributed by atoms with E-state index in [9.17, 15) is 5.11 Å². The second kappa shape index (κ2) is 7.36. The van der Waals surface area contributed by atoms with E-state index in [1.807, 2.05) is 0 Å². The Kier molecular flexibility index (Phi) is 5.77. The van der Waals surface area contributed by atoms with E-state index >= 15 is 0 Å². The van der Waals surface area contributed by atoms with Crippen molar-refractivity contribution < 1.29 is 14.6 Å². The molecule has 5 nitrogen and oxygen atoms in total. The van der Waals surface area contributed by atoms with Gasteiger partial charge in [0, 0.05) is 25.6 Å². The van der Waals surface area contributed by atoms with Gasteiger partial charge in [0.05, 0.1) is 31.1 Å². The van der Waals surface area contributed by atoms with E-state index < -0.39 is 6.10 Å². The molecule has 0 amide bonds. The predicted molar refractivity (Wildman–Crippen MR) is 80.6 cm³/mol. The van der Waals surface area contributed by atoms with Crippen molar-refractivity contribution in [2.24, 2.45) is 0 Å². The summed E-state index contributed by atoms with van der Waals surface area (Å²) >= 11 is 1.70. The molecule has 0 spiro atoms. The molecule has 0 radical (unpaired) electrons. The van der Waals surface area contributed by atoms with Gasteiger partial charge < -0.3 is 19.5 Å². The largest absolute Gasteiger partial charge is 0.387 e. The summed E-state index contributed by atoms with van der Waals surface area (Å²) in [5.41, 5.74) is 0.878. The number of hydrogen-bond donors (Lipinski definition) is 1. The molecule has 0 fully saturated rings. The second-order valence-electron chi connectivity index (χ2n) is 5.20. The predicted octanol–water partition coefficient (Wildman–Crippen LogP) is 2.00. The number of hydrogen-bond acceptors (Lipinski definition) is 6. The Bertz CT molecular complexity index is 425. The van der Waals surface area contributed by atoms with Crippen LogP contribution in [0.15, 0.2) is 0 Å². The normalized spacial score (nSPS) is 19.7. The number of anilines is 1. The molecule has 2 atom stereocenters. The monoisotopic (exact) mass is 300 g/mol. The lowest BCUT2D eigenvalue weighted by Gasteiger charge is -2.28. The maximum absolute atomic E-state index is 10.1. The molecule has 2 unspecified atom stereocenters. The summed E-state index contributed by atoms with van der Waals surface area (Å²) in [4.78, 5) is 8.11. The highest BCUT2D eigenvalue weighted by Crippen LogP contribution is 2.37. The van der Waals surface area contributed by atoms with Gasteiger partial charge in [-0.05, 0) is 26.2 Å². The van der Waals surface area contributed by atoms with Crippen LogP contribution in [0.1, 0.15) is 36.4 Å². The van der Waals surface area contributed by atoms with Crippen LogP contribution < -0.4 is 4.90 Å². The number of aliphatic hydroxyl groups excluding tert-OH is 1. The van der Waals surface area contributed by atoms with Crippen LogP contribution in [0.3, 0.4) is 0 Å². The topological polar surface area (TPSA) is 54.8 Å². The lowest BCUT2D eigenvalue weighted by Crippen LogP contribution is -2.38. The number of aromatic nitrogens is 1. The van der Waals surface area contributed by atoms with Crippen LogP contribution in [-0.2, 0) is 15.9 Å². The molecule has 0 aliphatic heterocycles. The standard InChI is InChI=1S/C14H24N2O3S/c1-10(9-19-3)16(7-8-18-2)14-15-13-11(17)5-4-6-12(13)20-14/h10-11,17H,4-9H2,1-3H3. The first-order chi connectivity index (χ1) is 9.67. The van der Waals surface area contributed by atoms with Crippen LogP contribution in [0.5, 0.6) is 0 Å². The number of methoxy groups -OCH3 is 2. The van der Waals surface area contributed by atoms with Crippen molar-refractivity contribution in [2.75, 3.05) is 38.9 Å². The maximum Gasteiger partial charge on any atom is 0.186 e. The molecule has 0 aromatic carbocycles. The lowest BCUT2D eigenvalue weighted by atomic mass is 10.0. The maximum atomic E-state index is 10.1. The Morgan fingerprint density at radius 1 is 1.45 bits per heavy atom. The van der Waals surface area contributed by atoms with Crippen molar-refractivity contribution in [1.82, 2.24) is 4.98 Å². The zero-order valence-electron chi connectivity index (χ0n) is 12.5. The molecule has 114 valence electrons. The molecule has 1 aromatic rings. The van der Waals surface area contributed by atoms with Crippen molar-refractivity contribution in [3.8, 4) is 0 Å². The summed E-state index contributed by atoms with van der Waals surface area (Å²) in [5.74, 6) is 0. The summed E-state index contributed by atoms with van der Waals surface area (Å²) < 4.78 is 10.4. The molecule has 1 N–H and O–H groups in total. The molecule has 6 heteroatoms. The zero-order valence-corrected chi connectivity index (χ0v) is 13.3. The first-order valence-electron chi connectivity index (χ1n) is 7.09. The molecule has 0 saturated carbocycles. The number of rotatable bonds is 7. The summed E-state index contributed by atoms with van der Waals surface area (Å²) in [6, 6.07) is 0.236. The number of thiazole rings is 1. The summed E-state index contributed by atoms with van der Waals surface area (Å²) in [6.45, 7) is 4.21. The number of fused-ring (bicyclic) bond motifs is 1. The molecule has 1 aliphatic carbocycles. The molecular formula is C14H24N2O3S. The van der Waals surface area contributed by atoms with Crippen LogP contribution in [0, 0.1) is 0 Å². The van der Waals surface area contributed by atoms with Crippen molar-refractivity contribution >= 4 is 16.5 Å². The van der Waals surface area contributed by atoms with Crippen LogP contribution in [-0.4, -0.2) is 50.1 Å². The van der Waals surface area contributed by atoms with Crippen molar-refractivity contribution in [1.29, 1.82) is 0 Å². The Labute approximate surface area is 124 Å². The Morgan fingerprint density at radius 3 is 2.90 bits per heavy atom. The van der Waals surface area contributed by atoms with Gasteiger partial charge in [-0.2, -0.15) is 0 Å². The van der Waals surface area contributed by atoms with Gasteiger partial charge in [-0.3, -0.25) is 0 Å². The van der Waals surface area contributed by atoms with E-state index in [1.165, 1.54) is 4.88 Å². The first-order valence-corrected chi connectivity index (χ1v) is 7.91. The smallest absolute Gasteiger partial charge is 0.186 e.